The number of aliphatic carboxylic acids is 1. The Balaban J connectivity index is -0.000000107. The maximum absolute atomic E-state index is 9.81. The van der Waals surface area contributed by atoms with E-state index in [1.807, 2.05) is 0 Å². The molecule has 0 radical (unpaired) electrons. The predicted molar refractivity (Wildman–Crippen MR) is 31.9 cm³/mol. The van der Waals surface area contributed by atoms with Gasteiger partial charge in [0, 0.05) is 0 Å². The molecule has 0 rings (SSSR count). The van der Waals surface area contributed by atoms with Gasteiger partial charge in [0.1, 0.15) is 0 Å². The Labute approximate surface area is 75.1 Å². The normalized spacial score (nSPS) is 7.40. The summed E-state index contributed by atoms with van der Waals surface area (Å²) in [5.74, 6) is -3.58. The van der Waals surface area contributed by atoms with Gasteiger partial charge in [0.15, 0.2) is 0 Å². The molecule has 0 aromatic heterocycles. The second-order valence-corrected chi connectivity index (χ2v) is 1.04. The van der Waals surface area contributed by atoms with Crippen molar-refractivity contribution in [1.82, 2.24) is 0 Å². The third kappa shape index (κ3) is 5.82. The topological polar surface area (TPSA) is 104 Å². The monoisotopic (exact) mass is 160 g/mol. The molecule has 10 heavy (non-hydrogen) atoms. The molecule has 0 heterocycles. The molecular weight excluding hydrogens is 155 g/mol. The van der Waals surface area contributed by atoms with Crippen LogP contribution in [0.2, 0.25) is 0 Å². The minimum Gasteiger partial charge on any atom is -1.00 e. The van der Waals surface area contributed by atoms with Crippen LogP contribution in [0.15, 0.2) is 0 Å². The first-order chi connectivity index (χ1) is 4.04. The number of hydrogen-bond donors (Lipinski definition) is 3. The van der Waals surface area contributed by atoms with Gasteiger partial charge >= 0.3 is 42.3 Å². The third-order valence-corrected chi connectivity index (χ3v) is 0.387. The van der Waals surface area contributed by atoms with E-state index < -0.39 is 19.3 Å². The summed E-state index contributed by atoms with van der Waals surface area (Å²) in [6.07, 6.45) is 0. The number of hydrogen-bond acceptors (Lipinski definition) is 5. The van der Waals surface area contributed by atoms with E-state index in [9.17, 15) is 9.59 Å². The van der Waals surface area contributed by atoms with E-state index in [1.54, 1.807) is 0 Å². The van der Waals surface area contributed by atoms with Gasteiger partial charge in [-0.25, -0.2) is 9.59 Å². The van der Waals surface area contributed by atoms with E-state index in [1.165, 1.54) is 0 Å². The number of carbonyl (C=O) groups excluding carboxylic acids is 1. The van der Waals surface area contributed by atoms with Gasteiger partial charge in [0.25, 0.3) is 0 Å². The van der Waals surface area contributed by atoms with Gasteiger partial charge in [-0.2, -0.15) is 0 Å². The molecule has 0 aromatic carbocycles. The Morgan fingerprint density at radius 3 is 1.90 bits per heavy atom. The van der Waals surface area contributed by atoms with Gasteiger partial charge in [-0.1, -0.05) is 0 Å². The molecule has 6 nitrogen and oxygen atoms in total. The quantitative estimate of drug-likeness (QED) is 0.287. The second kappa shape index (κ2) is 5.47. The first-order valence-electron chi connectivity index (χ1n) is 1.84. The molecular formula is C2H5BMgO6. The Kier molecular flexibility index (Phi) is 6.77. The average molecular weight is 160 g/mol. The molecule has 0 saturated carbocycles. The Bertz CT molecular complexity index is 142. The summed E-state index contributed by atoms with van der Waals surface area (Å²) in [6.45, 7) is 0. The van der Waals surface area contributed by atoms with Crippen LogP contribution < -0.4 is 0 Å². The van der Waals surface area contributed by atoms with E-state index in [-0.39, 0.29) is 25.9 Å². The van der Waals surface area contributed by atoms with Crippen LogP contribution in [0, 0.1) is 0 Å². The molecule has 0 aliphatic carbocycles. The molecule has 0 saturated heterocycles. The summed E-state index contributed by atoms with van der Waals surface area (Å²) in [5.41, 5.74) is 0. The largest absolute Gasteiger partial charge is 2.00 e. The predicted octanol–water partition coefficient (Wildman–Crippen LogP) is -2.57. The molecule has 3 N–H and O–H groups in total. The average Bonchev–Trinajstić information content (AvgIpc) is 1.63. The molecule has 0 amide bonds. The summed E-state index contributed by atoms with van der Waals surface area (Å²) in [6, 6.07) is 0. The second-order valence-electron chi connectivity index (χ2n) is 1.04. The SMILES string of the molecule is O=C(O)C(=O)OB(O)O.[H-].[H-].[Mg+2]. The fourth-order valence-corrected chi connectivity index (χ4v) is 0.146. The van der Waals surface area contributed by atoms with E-state index in [0.29, 0.717) is 0 Å². The van der Waals surface area contributed by atoms with Crippen molar-refractivity contribution < 1.29 is 32.3 Å². The first-order valence-corrected chi connectivity index (χ1v) is 1.84. The van der Waals surface area contributed by atoms with Crippen LogP contribution in [-0.4, -0.2) is 57.5 Å². The van der Waals surface area contributed by atoms with Crippen LogP contribution in [-0.2, 0) is 14.2 Å². The van der Waals surface area contributed by atoms with Gasteiger partial charge < -0.3 is 22.7 Å². The fraction of sp³-hybridized carbons (Fsp3) is 0. The third-order valence-electron chi connectivity index (χ3n) is 0.387. The van der Waals surface area contributed by atoms with Gasteiger partial charge in [0.2, 0.25) is 0 Å². The maximum Gasteiger partial charge on any atom is 2.00 e. The molecule has 0 spiro atoms. The number of carbonyl (C=O) groups is 2. The zero-order chi connectivity index (χ0) is 7.44. The minimum atomic E-state index is -2.37. The van der Waals surface area contributed by atoms with Crippen LogP contribution in [0.3, 0.4) is 0 Å². The summed E-state index contributed by atoms with van der Waals surface area (Å²) in [5, 5.41) is 23.4. The smallest absolute Gasteiger partial charge is 1.00 e. The van der Waals surface area contributed by atoms with Crippen LogP contribution in [0.25, 0.3) is 0 Å². The van der Waals surface area contributed by atoms with Crippen molar-refractivity contribution in [3.05, 3.63) is 0 Å². The zero-order valence-electron chi connectivity index (χ0n) is 6.85. The van der Waals surface area contributed by atoms with Gasteiger partial charge in [-0.05, 0) is 0 Å². The molecule has 0 bridgehead atoms. The number of carboxylic acid groups (broad SMARTS) is 1. The van der Waals surface area contributed by atoms with E-state index in [0.717, 1.165) is 0 Å². The van der Waals surface area contributed by atoms with E-state index in [4.69, 9.17) is 15.2 Å². The Morgan fingerprint density at radius 2 is 1.80 bits per heavy atom. The molecule has 0 aromatic rings. The molecule has 0 fully saturated rings. The summed E-state index contributed by atoms with van der Waals surface area (Å²) in [4.78, 5) is 19.3. The molecule has 8 heteroatoms. The van der Waals surface area contributed by atoms with Crippen LogP contribution in [0.4, 0.5) is 0 Å². The van der Waals surface area contributed by atoms with Crippen molar-refractivity contribution in [2.75, 3.05) is 0 Å². The van der Waals surface area contributed by atoms with Crippen molar-refractivity contribution in [2.24, 2.45) is 0 Å². The molecule has 0 aliphatic rings. The van der Waals surface area contributed by atoms with Crippen molar-refractivity contribution in [3.63, 3.8) is 0 Å². The van der Waals surface area contributed by atoms with E-state index in [2.05, 4.69) is 4.65 Å². The Hall–Kier alpha value is -0.309. The Morgan fingerprint density at radius 1 is 1.40 bits per heavy atom. The van der Waals surface area contributed by atoms with Crippen LogP contribution >= 0.6 is 0 Å². The van der Waals surface area contributed by atoms with Crippen LogP contribution in [0.5, 0.6) is 0 Å². The van der Waals surface area contributed by atoms with Gasteiger partial charge in [-0.3, -0.25) is 0 Å². The number of carboxylic acids is 1. The number of rotatable bonds is 1. The van der Waals surface area contributed by atoms with E-state index >= 15 is 0 Å². The molecule has 54 valence electrons. The molecule has 0 atom stereocenters. The first kappa shape index (κ1) is 12.4. The van der Waals surface area contributed by atoms with Crippen molar-refractivity contribution in [3.8, 4) is 0 Å². The van der Waals surface area contributed by atoms with Gasteiger partial charge in [0.05, 0.1) is 0 Å². The summed E-state index contributed by atoms with van der Waals surface area (Å²) < 4.78 is 3.38. The zero-order valence-corrected chi connectivity index (χ0v) is 6.27. The van der Waals surface area contributed by atoms with Gasteiger partial charge in [-0.15, -0.1) is 0 Å². The summed E-state index contributed by atoms with van der Waals surface area (Å²) >= 11 is 0. The molecule has 0 aliphatic heterocycles. The van der Waals surface area contributed by atoms with Crippen molar-refractivity contribution >= 4 is 42.3 Å². The van der Waals surface area contributed by atoms with Crippen LogP contribution in [0.1, 0.15) is 2.85 Å². The molecule has 0 unspecified atom stereocenters. The standard InChI is InChI=1S/C2H3BO6.Mg.2H/c4-1(5)2(6)9-3(7)8;;;/h7-8H,(H,4,5);;;/q;+2;2*-1. The van der Waals surface area contributed by atoms with Crippen molar-refractivity contribution in [2.45, 2.75) is 0 Å². The minimum absolute atomic E-state index is 0. The fourth-order valence-electron chi connectivity index (χ4n) is 0.146. The van der Waals surface area contributed by atoms with Crippen molar-refractivity contribution in [1.29, 1.82) is 0 Å². The summed E-state index contributed by atoms with van der Waals surface area (Å²) in [7, 11) is -2.37. The maximum atomic E-state index is 9.81.